The number of likely N-dealkylation sites (N-methyl/N-ethyl adjacent to an activating group) is 1. The van der Waals surface area contributed by atoms with Gasteiger partial charge in [-0.05, 0) is 83.5 Å². The lowest BCUT2D eigenvalue weighted by Crippen LogP contribution is -2.37. The van der Waals surface area contributed by atoms with Crippen molar-refractivity contribution in [1.82, 2.24) is 0 Å². The minimum absolute atomic E-state index is 0.0351. The van der Waals surface area contributed by atoms with Crippen molar-refractivity contribution in [3.63, 3.8) is 0 Å². The molecule has 0 amide bonds. The number of carbonyl (C=O) groups excluding carboxylic acids is 2. The van der Waals surface area contributed by atoms with Crippen molar-refractivity contribution in [2.75, 3.05) is 47.5 Å². The fourth-order valence-corrected chi connectivity index (χ4v) is 7.82. The molecule has 0 aromatic carbocycles. The van der Waals surface area contributed by atoms with E-state index in [-0.39, 0.29) is 26.1 Å². The minimum Gasteiger partial charge on any atom is -0.756 e. The van der Waals surface area contributed by atoms with Gasteiger partial charge in [0, 0.05) is 12.8 Å². The molecule has 0 bridgehead atoms. The lowest BCUT2D eigenvalue weighted by molar-refractivity contribution is -0.870. The van der Waals surface area contributed by atoms with Crippen molar-refractivity contribution < 1.29 is 42.1 Å². The van der Waals surface area contributed by atoms with Crippen LogP contribution in [0.15, 0.2) is 72.9 Å². The molecule has 0 aliphatic heterocycles. The summed E-state index contributed by atoms with van der Waals surface area (Å²) in [5.41, 5.74) is 0. The monoisotopic (exact) mass is 946 g/mol. The third-order valence-corrected chi connectivity index (χ3v) is 12.2. The predicted octanol–water partition coefficient (Wildman–Crippen LogP) is 15.5. The number of unbranched alkanes of at least 4 members (excludes halogenated alkanes) is 22. The van der Waals surface area contributed by atoms with Gasteiger partial charge >= 0.3 is 11.9 Å². The molecule has 0 aromatic rings. The highest BCUT2D eigenvalue weighted by Crippen LogP contribution is 2.38. The third-order valence-electron chi connectivity index (χ3n) is 11.2. The highest BCUT2D eigenvalue weighted by molar-refractivity contribution is 7.45. The highest BCUT2D eigenvalue weighted by atomic mass is 31.2. The van der Waals surface area contributed by atoms with Gasteiger partial charge in [-0.2, -0.15) is 0 Å². The third kappa shape index (κ3) is 50.9. The summed E-state index contributed by atoms with van der Waals surface area (Å²) < 4.78 is 34.1. The molecule has 2 unspecified atom stereocenters. The van der Waals surface area contributed by atoms with Gasteiger partial charge in [0.1, 0.15) is 19.8 Å². The van der Waals surface area contributed by atoms with Crippen LogP contribution in [0, 0.1) is 0 Å². The van der Waals surface area contributed by atoms with Gasteiger partial charge in [0.05, 0.1) is 27.7 Å². The van der Waals surface area contributed by atoms with Crippen LogP contribution in [0.5, 0.6) is 0 Å². The van der Waals surface area contributed by atoms with E-state index < -0.39 is 32.5 Å². The zero-order valence-corrected chi connectivity index (χ0v) is 44.0. The van der Waals surface area contributed by atoms with Crippen molar-refractivity contribution in [3.05, 3.63) is 72.9 Å². The number of nitrogens with zero attached hydrogens (tertiary/aromatic N) is 1. The van der Waals surface area contributed by atoms with E-state index in [9.17, 15) is 19.0 Å². The topological polar surface area (TPSA) is 111 Å². The summed E-state index contributed by atoms with van der Waals surface area (Å²) >= 11 is 0. The number of hydrogen-bond acceptors (Lipinski definition) is 8. The van der Waals surface area contributed by atoms with Gasteiger partial charge in [0.2, 0.25) is 0 Å². The molecule has 9 nitrogen and oxygen atoms in total. The fraction of sp³-hybridized carbons (Fsp3) is 0.750. The first-order valence-corrected chi connectivity index (χ1v) is 28.1. The Hall–Kier alpha value is -2.55. The van der Waals surface area contributed by atoms with Crippen LogP contribution < -0.4 is 4.89 Å². The molecule has 0 spiro atoms. The second-order valence-corrected chi connectivity index (χ2v) is 20.3. The molecule has 0 heterocycles. The molecular weight excluding hydrogens is 846 g/mol. The molecule has 10 heteroatoms. The van der Waals surface area contributed by atoms with E-state index in [1.807, 2.05) is 21.1 Å². The molecule has 0 radical (unpaired) electrons. The molecule has 0 aromatic heterocycles. The Morgan fingerprint density at radius 1 is 0.485 bits per heavy atom. The summed E-state index contributed by atoms with van der Waals surface area (Å²) in [5.74, 6) is -0.845. The van der Waals surface area contributed by atoms with Crippen LogP contribution in [0.25, 0.3) is 0 Å². The van der Waals surface area contributed by atoms with Crippen LogP contribution in [0.1, 0.15) is 219 Å². The predicted molar refractivity (Wildman–Crippen MR) is 277 cm³/mol. The summed E-state index contributed by atoms with van der Waals surface area (Å²) in [4.78, 5) is 37.8. The Morgan fingerprint density at radius 3 is 1.29 bits per heavy atom. The number of hydrogen-bond donors (Lipinski definition) is 0. The molecule has 0 aliphatic carbocycles. The first-order valence-electron chi connectivity index (χ1n) is 26.6. The van der Waals surface area contributed by atoms with Gasteiger partial charge in [-0.15, -0.1) is 0 Å². The second-order valence-electron chi connectivity index (χ2n) is 18.9. The van der Waals surface area contributed by atoms with Gasteiger partial charge in [0.25, 0.3) is 7.82 Å². The average molecular weight is 946 g/mol. The highest BCUT2D eigenvalue weighted by Gasteiger charge is 2.21. The van der Waals surface area contributed by atoms with Gasteiger partial charge in [0.15, 0.2) is 6.10 Å². The number of ether oxygens (including phenoxy) is 2. The van der Waals surface area contributed by atoms with Gasteiger partial charge in [-0.1, -0.05) is 196 Å². The van der Waals surface area contributed by atoms with Crippen molar-refractivity contribution in [3.8, 4) is 0 Å². The Kier molecular flexibility index (Phi) is 45.7. The SMILES string of the molecule is CC/C=C\C/C=C\C/C=C\C/C=C\CCCCCCCCCCCCCCC(=O)OC(COC(=O)CCCCCCCCC/C=C\C/C=C\CCCCC)COP(=O)([O-])OCC[N+](C)(C)C. The standard InChI is InChI=1S/C56H100NO8P/c1-6-8-10-12-14-16-18-20-22-24-25-26-27-28-29-30-31-33-35-37-39-41-43-45-47-49-56(59)65-54(53-64-66(60,61)63-51-50-57(3,4)5)52-62-55(58)48-46-44-42-40-38-36-34-32-23-21-19-17-15-13-11-9-7-2/h8,10,14-17,20-23,25-26,54H,6-7,9,11-13,18-19,24,27-53H2,1-5H3/b10-8-,16-14-,17-15-,22-20-,23-21-,26-25-. The first kappa shape index (κ1) is 63.5. The summed E-state index contributed by atoms with van der Waals surface area (Å²) in [6, 6.07) is 0. The molecule has 0 saturated carbocycles. The van der Waals surface area contributed by atoms with E-state index in [1.54, 1.807) is 0 Å². The van der Waals surface area contributed by atoms with Crippen molar-refractivity contribution in [2.24, 2.45) is 0 Å². The number of esters is 2. The van der Waals surface area contributed by atoms with E-state index in [0.29, 0.717) is 17.4 Å². The lowest BCUT2D eigenvalue weighted by Gasteiger charge is -2.28. The fourth-order valence-electron chi connectivity index (χ4n) is 7.09. The number of quaternary nitrogens is 1. The van der Waals surface area contributed by atoms with Crippen LogP contribution >= 0.6 is 7.82 Å². The second kappa shape index (κ2) is 47.5. The molecule has 0 N–H and O–H groups in total. The molecule has 0 fully saturated rings. The number of phosphoric ester groups is 1. The zero-order valence-electron chi connectivity index (χ0n) is 43.1. The number of rotatable bonds is 48. The molecule has 66 heavy (non-hydrogen) atoms. The molecular formula is C56H100NO8P. The van der Waals surface area contributed by atoms with Crippen LogP contribution in [-0.4, -0.2) is 70.0 Å². The van der Waals surface area contributed by atoms with E-state index in [2.05, 4.69) is 86.8 Å². The number of allylic oxidation sites excluding steroid dienone is 12. The Bertz CT molecular complexity index is 1350. The summed E-state index contributed by atoms with van der Waals surface area (Å²) in [6.07, 6.45) is 60.7. The van der Waals surface area contributed by atoms with Crippen LogP contribution in [0.2, 0.25) is 0 Å². The van der Waals surface area contributed by atoms with Crippen LogP contribution in [-0.2, 0) is 32.7 Å². The Balaban J connectivity index is 4.22. The maximum absolute atomic E-state index is 12.8. The quantitative estimate of drug-likeness (QED) is 0.0195. The molecule has 0 rings (SSSR count). The van der Waals surface area contributed by atoms with E-state index >= 15 is 0 Å². The Labute approximate surface area is 406 Å². The van der Waals surface area contributed by atoms with Crippen LogP contribution in [0.3, 0.4) is 0 Å². The Morgan fingerprint density at radius 2 is 0.864 bits per heavy atom. The maximum atomic E-state index is 12.8. The summed E-state index contributed by atoms with van der Waals surface area (Å²) in [7, 11) is 1.15. The van der Waals surface area contributed by atoms with Gasteiger partial charge in [-0.25, -0.2) is 0 Å². The van der Waals surface area contributed by atoms with Crippen LogP contribution in [0.4, 0.5) is 0 Å². The number of carbonyl (C=O) groups is 2. The minimum atomic E-state index is -4.64. The summed E-state index contributed by atoms with van der Waals surface area (Å²) in [5, 5.41) is 0. The molecule has 382 valence electrons. The van der Waals surface area contributed by atoms with Gasteiger partial charge < -0.3 is 27.9 Å². The maximum Gasteiger partial charge on any atom is 0.306 e. The smallest absolute Gasteiger partial charge is 0.306 e. The summed E-state index contributed by atoms with van der Waals surface area (Å²) in [6.45, 7) is 4.09. The van der Waals surface area contributed by atoms with Crippen molar-refractivity contribution in [1.29, 1.82) is 0 Å². The van der Waals surface area contributed by atoms with Gasteiger partial charge in [-0.3, -0.25) is 14.2 Å². The normalized spacial score (nSPS) is 14.0. The van der Waals surface area contributed by atoms with E-state index in [0.717, 1.165) is 83.5 Å². The van der Waals surface area contributed by atoms with Crippen molar-refractivity contribution >= 4 is 19.8 Å². The molecule has 0 aliphatic rings. The molecule has 2 atom stereocenters. The lowest BCUT2D eigenvalue weighted by atomic mass is 10.0. The largest absolute Gasteiger partial charge is 0.756 e. The molecule has 0 saturated heterocycles. The number of phosphoric acid groups is 1. The van der Waals surface area contributed by atoms with E-state index in [1.165, 1.54) is 103 Å². The average Bonchev–Trinajstić information content (AvgIpc) is 3.27. The first-order chi connectivity index (χ1) is 32.0. The van der Waals surface area contributed by atoms with Crippen molar-refractivity contribution in [2.45, 2.75) is 225 Å². The zero-order chi connectivity index (χ0) is 48.5. The van der Waals surface area contributed by atoms with E-state index in [4.69, 9.17) is 18.5 Å².